The van der Waals surface area contributed by atoms with E-state index in [4.69, 9.17) is 11.6 Å². The van der Waals surface area contributed by atoms with Crippen LogP contribution in [0.2, 0.25) is 0 Å². The van der Waals surface area contributed by atoms with Crippen LogP contribution in [0.3, 0.4) is 0 Å². The minimum Gasteiger partial charge on any atom is -0.251 e. The van der Waals surface area contributed by atoms with Crippen molar-refractivity contribution in [3.63, 3.8) is 0 Å². The lowest BCUT2D eigenvalue weighted by atomic mass is 10.1. The molecule has 2 aromatic carbocycles. The second-order valence-corrected chi connectivity index (χ2v) is 4.06. The Morgan fingerprint density at radius 1 is 0.875 bits per heavy atom. The maximum atomic E-state index is 5.82. The van der Waals surface area contributed by atoms with E-state index >= 15 is 0 Å². The van der Waals surface area contributed by atoms with Gasteiger partial charge in [-0.05, 0) is 11.5 Å². The van der Waals surface area contributed by atoms with Gasteiger partial charge in [0.1, 0.15) is 0 Å². The van der Waals surface area contributed by atoms with E-state index in [9.17, 15) is 0 Å². The summed E-state index contributed by atoms with van der Waals surface area (Å²) >= 11 is 5.82. The quantitative estimate of drug-likeness (QED) is 0.450. The SMILES string of the molecule is ClCc1ccc2ccc3ccccc3c2n1. The molecule has 0 atom stereocenters. The Morgan fingerprint density at radius 3 is 2.50 bits per heavy atom. The zero-order valence-electron chi connectivity index (χ0n) is 8.65. The third-order valence-electron chi connectivity index (χ3n) is 2.78. The molecule has 0 saturated heterocycles. The third-order valence-corrected chi connectivity index (χ3v) is 3.05. The molecule has 16 heavy (non-hydrogen) atoms. The molecule has 0 unspecified atom stereocenters. The Hall–Kier alpha value is -1.60. The molecule has 1 aromatic heterocycles. The molecule has 3 rings (SSSR count). The van der Waals surface area contributed by atoms with Crippen molar-refractivity contribution < 1.29 is 0 Å². The van der Waals surface area contributed by atoms with Crippen LogP contribution < -0.4 is 0 Å². The van der Waals surface area contributed by atoms with E-state index in [1.165, 1.54) is 10.8 Å². The highest BCUT2D eigenvalue weighted by molar-refractivity contribution is 6.17. The van der Waals surface area contributed by atoms with E-state index in [1.54, 1.807) is 0 Å². The number of pyridine rings is 1. The van der Waals surface area contributed by atoms with E-state index < -0.39 is 0 Å². The lowest BCUT2D eigenvalue weighted by molar-refractivity contribution is 1.22. The highest BCUT2D eigenvalue weighted by atomic mass is 35.5. The minimum atomic E-state index is 0.458. The Labute approximate surface area is 98.7 Å². The van der Waals surface area contributed by atoms with Crippen LogP contribution in [-0.4, -0.2) is 4.98 Å². The van der Waals surface area contributed by atoms with E-state index in [-0.39, 0.29) is 0 Å². The maximum Gasteiger partial charge on any atom is 0.0784 e. The summed E-state index contributed by atoms with van der Waals surface area (Å²) in [7, 11) is 0. The van der Waals surface area contributed by atoms with Gasteiger partial charge >= 0.3 is 0 Å². The minimum absolute atomic E-state index is 0.458. The first-order valence-corrected chi connectivity index (χ1v) is 5.75. The van der Waals surface area contributed by atoms with Crippen molar-refractivity contribution in [3.05, 3.63) is 54.2 Å². The largest absolute Gasteiger partial charge is 0.251 e. The number of hydrogen-bond donors (Lipinski definition) is 0. The van der Waals surface area contributed by atoms with E-state index in [1.807, 2.05) is 18.2 Å². The fraction of sp³-hybridized carbons (Fsp3) is 0.0714. The van der Waals surface area contributed by atoms with Gasteiger partial charge in [-0.2, -0.15) is 0 Å². The van der Waals surface area contributed by atoms with Gasteiger partial charge in [0, 0.05) is 10.8 Å². The Bertz CT molecular complexity index is 661. The number of nitrogens with zero attached hydrogens (tertiary/aromatic N) is 1. The van der Waals surface area contributed by atoms with Crippen LogP contribution in [0.4, 0.5) is 0 Å². The van der Waals surface area contributed by atoms with Crippen molar-refractivity contribution >= 4 is 33.3 Å². The average molecular weight is 228 g/mol. The molecule has 0 radical (unpaired) electrons. The summed E-state index contributed by atoms with van der Waals surface area (Å²) in [6, 6.07) is 16.6. The molecule has 0 fully saturated rings. The van der Waals surface area contributed by atoms with Gasteiger partial charge in [0.05, 0.1) is 17.1 Å². The normalized spacial score (nSPS) is 11.1. The summed E-state index contributed by atoms with van der Waals surface area (Å²) in [6.07, 6.45) is 0. The number of halogens is 1. The van der Waals surface area contributed by atoms with Gasteiger partial charge in [-0.15, -0.1) is 11.6 Å². The van der Waals surface area contributed by atoms with Crippen molar-refractivity contribution in [2.45, 2.75) is 5.88 Å². The molecule has 0 saturated carbocycles. The molecule has 0 aliphatic carbocycles. The molecular formula is C14H10ClN. The molecule has 0 bridgehead atoms. The van der Waals surface area contributed by atoms with Crippen LogP contribution in [0.1, 0.15) is 5.69 Å². The Morgan fingerprint density at radius 2 is 1.62 bits per heavy atom. The van der Waals surface area contributed by atoms with Gasteiger partial charge in [-0.25, -0.2) is 0 Å². The lowest BCUT2D eigenvalue weighted by Crippen LogP contribution is -1.87. The van der Waals surface area contributed by atoms with Crippen molar-refractivity contribution in [2.75, 3.05) is 0 Å². The van der Waals surface area contributed by atoms with E-state index in [0.717, 1.165) is 16.6 Å². The summed E-state index contributed by atoms with van der Waals surface area (Å²) in [5, 5.41) is 3.56. The molecule has 1 nitrogen and oxygen atoms in total. The number of fused-ring (bicyclic) bond motifs is 3. The molecule has 0 aliphatic heterocycles. The first-order valence-electron chi connectivity index (χ1n) is 5.22. The van der Waals surface area contributed by atoms with Crippen molar-refractivity contribution in [1.82, 2.24) is 4.98 Å². The van der Waals surface area contributed by atoms with Crippen molar-refractivity contribution in [3.8, 4) is 0 Å². The van der Waals surface area contributed by atoms with Gasteiger partial charge in [-0.1, -0.05) is 42.5 Å². The van der Waals surface area contributed by atoms with Crippen LogP contribution in [0.15, 0.2) is 48.5 Å². The van der Waals surface area contributed by atoms with Gasteiger partial charge in [0.2, 0.25) is 0 Å². The summed E-state index contributed by atoms with van der Waals surface area (Å²) in [5.41, 5.74) is 1.96. The highest BCUT2D eigenvalue weighted by Gasteiger charge is 2.02. The molecule has 0 N–H and O–H groups in total. The molecule has 0 aliphatic rings. The molecule has 2 heteroatoms. The third kappa shape index (κ3) is 1.44. The lowest BCUT2D eigenvalue weighted by Gasteiger charge is -2.04. The number of aromatic nitrogens is 1. The van der Waals surface area contributed by atoms with E-state index in [2.05, 4.69) is 35.3 Å². The fourth-order valence-electron chi connectivity index (χ4n) is 1.97. The number of rotatable bonds is 1. The summed E-state index contributed by atoms with van der Waals surface area (Å²) in [5.74, 6) is 0.458. The van der Waals surface area contributed by atoms with Crippen LogP contribution in [0.25, 0.3) is 21.7 Å². The number of hydrogen-bond acceptors (Lipinski definition) is 1. The van der Waals surface area contributed by atoms with Crippen LogP contribution in [0.5, 0.6) is 0 Å². The second-order valence-electron chi connectivity index (χ2n) is 3.79. The molecule has 0 amide bonds. The second kappa shape index (κ2) is 3.76. The first kappa shape index (κ1) is 9.61. The molecule has 3 aromatic rings. The number of benzene rings is 2. The molecule has 0 spiro atoms. The predicted molar refractivity (Wildman–Crippen MR) is 68.8 cm³/mol. The first-order chi connectivity index (χ1) is 7.88. The Kier molecular flexibility index (Phi) is 2.26. The average Bonchev–Trinajstić information content (AvgIpc) is 2.38. The van der Waals surface area contributed by atoms with Gasteiger partial charge < -0.3 is 0 Å². The van der Waals surface area contributed by atoms with Gasteiger partial charge in [-0.3, -0.25) is 4.98 Å². The topological polar surface area (TPSA) is 12.9 Å². The maximum absolute atomic E-state index is 5.82. The number of alkyl halides is 1. The van der Waals surface area contributed by atoms with Crippen LogP contribution in [-0.2, 0) is 5.88 Å². The molecule has 78 valence electrons. The van der Waals surface area contributed by atoms with Crippen molar-refractivity contribution in [1.29, 1.82) is 0 Å². The molecular weight excluding hydrogens is 218 g/mol. The summed E-state index contributed by atoms with van der Waals surface area (Å²) < 4.78 is 0. The van der Waals surface area contributed by atoms with Crippen LogP contribution >= 0.6 is 11.6 Å². The zero-order chi connectivity index (χ0) is 11.0. The smallest absolute Gasteiger partial charge is 0.0784 e. The zero-order valence-corrected chi connectivity index (χ0v) is 9.41. The van der Waals surface area contributed by atoms with Crippen LogP contribution in [0, 0.1) is 0 Å². The van der Waals surface area contributed by atoms with E-state index in [0.29, 0.717) is 5.88 Å². The monoisotopic (exact) mass is 227 g/mol. The summed E-state index contributed by atoms with van der Waals surface area (Å²) in [4.78, 5) is 4.59. The van der Waals surface area contributed by atoms with Gasteiger partial charge in [0.25, 0.3) is 0 Å². The standard InChI is InChI=1S/C14H10ClN/c15-9-12-8-7-11-6-5-10-3-1-2-4-13(10)14(11)16-12/h1-8H,9H2. The highest BCUT2D eigenvalue weighted by Crippen LogP contribution is 2.24. The Balaban J connectivity index is 2.47. The van der Waals surface area contributed by atoms with Crippen molar-refractivity contribution in [2.24, 2.45) is 0 Å². The predicted octanol–water partition coefficient (Wildman–Crippen LogP) is 4.13. The fourth-order valence-corrected chi connectivity index (χ4v) is 2.12. The summed E-state index contributed by atoms with van der Waals surface area (Å²) in [6.45, 7) is 0. The van der Waals surface area contributed by atoms with Gasteiger partial charge in [0.15, 0.2) is 0 Å². The molecule has 1 heterocycles.